The summed E-state index contributed by atoms with van der Waals surface area (Å²) in [6.45, 7) is 0.497. The minimum absolute atomic E-state index is 0.000716. The molecule has 6 atom stereocenters. The van der Waals surface area contributed by atoms with E-state index in [1.165, 1.54) is 0 Å². The quantitative estimate of drug-likeness (QED) is 0.752. The van der Waals surface area contributed by atoms with E-state index < -0.39 is 0 Å². The average Bonchev–Trinajstić information content (AvgIpc) is 3.27. The highest BCUT2D eigenvalue weighted by atomic mass is 16.8. The SMILES string of the molecule is CO[C@@H]1O[C@@H]2CO[C@H](c3ccccc3)O[C@@H]2[C@@H]2O[C@H]12. The van der Waals surface area contributed by atoms with E-state index in [4.69, 9.17) is 23.7 Å². The standard InChI is InChI=1S/C14H16O5/c1-15-14-12-11(18-12)10-9(17-14)7-16-13(19-10)8-5-3-2-4-6-8/h2-6,9-14H,7H2,1H3/t9-,10+,11+,12+,13+,14-/m1/s1. The number of hydrogen-bond acceptors (Lipinski definition) is 5. The molecule has 3 heterocycles. The van der Waals surface area contributed by atoms with Gasteiger partial charge in [-0.05, 0) is 0 Å². The molecule has 0 aliphatic carbocycles. The fourth-order valence-corrected chi connectivity index (χ4v) is 2.80. The summed E-state index contributed by atoms with van der Waals surface area (Å²) in [4.78, 5) is 0. The Morgan fingerprint density at radius 1 is 1.00 bits per heavy atom. The Balaban J connectivity index is 1.50. The first-order valence-corrected chi connectivity index (χ1v) is 6.52. The lowest BCUT2D eigenvalue weighted by molar-refractivity contribution is -0.304. The van der Waals surface area contributed by atoms with Crippen LogP contribution < -0.4 is 0 Å². The maximum Gasteiger partial charge on any atom is 0.186 e. The largest absolute Gasteiger partial charge is 0.361 e. The van der Waals surface area contributed by atoms with Crippen LogP contribution in [0.1, 0.15) is 11.9 Å². The van der Waals surface area contributed by atoms with Crippen molar-refractivity contribution in [3.63, 3.8) is 0 Å². The molecule has 4 rings (SSSR count). The second kappa shape index (κ2) is 4.54. The van der Waals surface area contributed by atoms with E-state index in [1.807, 2.05) is 30.3 Å². The molecule has 0 radical (unpaired) electrons. The summed E-state index contributed by atoms with van der Waals surface area (Å²) in [5, 5.41) is 0. The van der Waals surface area contributed by atoms with Crippen LogP contribution in [0.3, 0.4) is 0 Å². The predicted octanol–water partition coefficient (Wildman–Crippen LogP) is 1.24. The zero-order chi connectivity index (χ0) is 12.8. The summed E-state index contributed by atoms with van der Waals surface area (Å²) < 4.78 is 28.4. The topological polar surface area (TPSA) is 49.5 Å². The number of methoxy groups -OCH3 is 1. The van der Waals surface area contributed by atoms with Crippen LogP contribution in [0.5, 0.6) is 0 Å². The van der Waals surface area contributed by atoms with Crippen LogP contribution in [-0.2, 0) is 23.7 Å². The van der Waals surface area contributed by atoms with Gasteiger partial charge in [-0.25, -0.2) is 0 Å². The molecule has 1 aromatic carbocycles. The summed E-state index contributed by atoms with van der Waals surface area (Å²) >= 11 is 0. The third-order valence-corrected chi connectivity index (χ3v) is 3.83. The van der Waals surface area contributed by atoms with Gasteiger partial charge in [0.2, 0.25) is 0 Å². The molecule has 3 fully saturated rings. The molecule has 0 saturated carbocycles. The Bertz CT molecular complexity index is 450. The van der Waals surface area contributed by atoms with Gasteiger partial charge in [0.15, 0.2) is 12.6 Å². The van der Waals surface area contributed by atoms with Crippen LogP contribution in [-0.4, -0.2) is 44.4 Å². The van der Waals surface area contributed by atoms with E-state index >= 15 is 0 Å². The van der Waals surface area contributed by atoms with Gasteiger partial charge in [-0.15, -0.1) is 0 Å². The maximum absolute atomic E-state index is 6.00. The zero-order valence-corrected chi connectivity index (χ0v) is 10.6. The lowest BCUT2D eigenvalue weighted by Gasteiger charge is -2.39. The van der Waals surface area contributed by atoms with Gasteiger partial charge in [0.25, 0.3) is 0 Å². The summed E-state index contributed by atoms with van der Waals surface area (Å²) in [5.74, 6) is 0. The Hall–Kier alpha value is -0.980. The van der Waals surface area contributed by atoms with Crippen molar-refractivity contribution in [3.8, 4) is 0 Å². The average molecular weight is 264 g/mol. The Morgan fingerprint density at radius 3 is 2.63 bits per heavy atom. The van der Waals surface area contributed by atoms with Gasteiger partial charge in [-0.1, -0.05) is 30.3 Å². The van der Waals surface area contributed by atoms with Gasteiger partial charge in [0, 0.05) is 12.7 Å². The fraction of sp³-hybridized carbons (Fsp3) is 0.571. The molecule has 19 heavy (non-hydrogen) atoms. The molecule has 3 aliphatic heterocycles. The first kappa shape index (κ1) is 11.8. The highest BCUT2D eigenvalue weighted by Crippen LogP contribution is 2.43. The van der Waals surface area contributed by atoms with E-state index in [2.05, 4.69) is 0 Å². The van der Waals surface area contributed by atoms with Crippen molar-refractivity contribution in [2.75, 3.05) is 13.7 Å². The van der Waals surface area contributed by atoms with E-state index in [0.29, 0.717) is 6.61 Å². The smallest absolute Gasteiger partial charge is 0.186 e. The molecule has 0 aromatic heterocycles. The van der Waals surface area contributed by atoms with E-state index in [-0.39, 0.29) is 37.0 Å². The molecule has 0 spiro atoms. The van der Waals surface area contributed by atoms with Crippen molar-refractivity contribution in [3.05, 3.63) is 35.9 Å². The summed E-state index contributed by atoms with van der Waals surface area (Å²) in [5.41, 5.74) is 1.02. The van der Waals surface area contributed by atoms with E-state index in [0.717, 1.165) is 5.56 Å². The van der Waals surface area contributed by atoms with Crippen LogP contribution in [0.15, 0.2) is 30.3 Å². The van der Waals surface area contributed by atoms with Crippen molar-refractivity contribution in [1.29, 1.82) is 0 Å². The van der Waals surface area contributed by atoms with E-state index in [1.54, 1.807) is 7.11 Å². The first-order valence-electron chi connectivity index (χ1n) is 6.52. The maximum atomic E-state index is 6.00. The van der Waals surface area contributed by atoms with Gasteiger partial charge in [-0.3, -0.25) is 0 Å². The van der Waals surface area contributed by atoms with Crippen molar-refractivity contribution in [1.82, 2.24) is 0 Å². The summed E-state index contributed by atoms with van der Waals surface area (Å²) in [6.07, 6.45) is -0.759. The Morgan fingerprint density at radius 2 is 1.84 bits per heavy atom. The molecule has 0 unspecified atom stereocenters. The summed E-state index contributed by atoms with van der Waals surface area (Å²) in [6, 6.07) is 9.92. The number of rotatable bonds is 2. The number of benzene rings is 1. The van der Waals surface area contributed by atoms with Crippen molar-refractivity contribution in [2.45, 2.75) is 37.0 Å². The number of hydrogen-bond donors (Lipinski definition) is 0. The van der Waals surface area contributed by atoms with Crippen molar-refractivity contribution >= 4 is 0 Å². The van der Waals surface area contributed by atoms with Crippen LogP contribution >= 0.6 is 0 Å². The van der Waals surface area contributed by atoms with Gasteiger partial charge < -0.3 is 23.7 Å². The second-order valence-electron chi connectivity index (χ2n) is 5.02. The normalized spacial score (nSPS) is 44.3. The molecule has 5 nitrogen and oxygen atoms in total. The Kier molecular flexibility index (Phi) is 2.82. The highest BCUT2D eigenvalue weighted by molar-refractivity contribution is 5.17. The number of fused-ring (bicyclic) bond motifs is 3. The zero-order valence-electron chi connectivity index (χ0n) is 10.6. The molecule has 5 heteroatoms. The second-order valence-corrected chi connectivity index (χ2v) is 5.02. The number of ether oxygens (including phenoxy) is 5. The predicted molar refractivity (Wildman–Crippen MR) is 64.3 cm³/mol. The molecular formula is C14H16O5. The first-order chi connectivity index (χ1) is 9.36. The third-order valence-electron chi connectivity index (χ3n) is 3.83. The van der Waals surface area contributed by atoms with Gasteiger partial charge in [0.05, 0.1) is 6.61 Å². The van der Waals surface area contributed by atoms with Crippen LogP contribution in [0, 0.1) is 0 Å². The molecule has 3 aliphatic rings. The van der Waals surface area contributed by atoms with Gasteiger partial charge in [0.1, 0.15) is 24.4 Å². The monoisotopic (exact) mass is 264 g/mol. The third kappa shape index (κ3) is 1.98. The summed E-state index contributed by atoms with van der Waals surface area (Å²) in [7, 11) is 1.63. The lowest BCUT2D eigenvalue weighted by atomic mass is 10.0. The van der Waals surface area contributed by atoms with Crippen molar-refractivity contribution in [2.24, 2.45) is 0 Å². The molecular weight excluding hydrogens is 248 g/mol. The van der Waals surface area contributed by atoms with E-state index in [9.17, 15) is 0 Å². The van der Waals surface area contributed by atoms with Gasteiger partial charge in [-0.2, -0.15) is 0 Å². The molecule has 0 bridgehead atoms. The van der Waals surface area contributed by atoms with Crippen LogP contribution in [0.4, 0.5) is 0 Å². The minimum Gasteiger partial charge on any atom is -0.361 e. The molecule has 3 saturated heterocycles. The molecule has 0 amide bonds. The molecule has 1 aromatic rings. The highest BCUT2D eigenvalue weighted by Gasteiger charge is 2.60. The minimum atomic E-state index is -0.338. The van der Waals surface area contributed by atoms with Gasteiger partial charge >= 0.3 is 0 Å². The molecule has 0 N–H and O–H groups in total. The lowest BCUT2D eigenvalue weighted by Crippen LogP contribution is -2.52. The van der Waals surface area contributed by atoms with Crippen LogP contribution in [0.25, 0.3) is 0 Å². The Labute approximate surface area is 111 Å². The van der Waals surface area contributed by atoms with Crippen molar-refractivity contribution < 1.29 is 23.7 Å². The van der Waals surface area contributed by atoms with Crippen LogP contribution in [0.2, 0.25) is 0 Å². The number of epoxide rings is 1. The fourth-order valence-electron chi connectivity index (χ4n) is 2.80. The molecule has 102 valence electrons.